The molecule has 2 aromatic rings. The van der Waals surface area contributed by atoms with Crippen LogP contribution in [0.15, 0.2) is 22.7 Å². The molecule has 21 heavy (non-hydrogen) atoms. The van der Waals surface area contributed by atoms with Crippen molar-refractivity contribution < 1.29 is 9.66 Å². The minimum Gasteiger partial charge on any atom is -0.479 e. The summed E-state index contributed by atoms with van der Waals surface area (Å²) in [6.45, 7) is 3.03. The summed E-state index contributed by atoms with van der Waals surface area (Å²) in [5.41, 5.74) is -0.0850. The normalized spacial score (nSPS) is 10.4. The second-order valence-electron chi connectivity index (χ2n) is 4.09. The van der Waals surface area contributed by atoms with Crippen LogP contribution in [-0.2, 0) is 6.61 Å². The Balaban J connectivity index is 2.03. The zero-order valence-corrected chi connectivity index (χ0v) is 13.6. The van der Waals surface area contributed by atoms with E-state index in [1.807, 2.05) is 0 Å². The topological polar surface area (TPSA) is 90.2 Å². The van der Waals surface area contributed by atoms with Crippen LogP contribution in [0.25, 0.3) is 0 Å². The molecule has 2 rings (SSSR count). The maximum absolute atomic E-state index is 11.0. The van der Waals surface area contributed by atoms with Gasteiger partial charge in [0.15, 0.2) is 10.8 Å². The monoisotopic (exact) mass is 372 g/mol. The molecule has 1 aromatic heterocycles. The van der Waals surface area contributed by atoms with Crippen LogP contribution in [0, 0.1) is 10.1 Å². The van der Waals surface area contributed by atoms with E-state index in [4.69, 9.17) is 4.74 Å². The van der Waals surface area contributed by atoms with E-state index in [1.165, 1.54) is 17.4 Å². The number of hydrogen-bond donors (Lipinski definition) is 1. The largest absolute Gasteiger partial charge is 0.479 e. The number of hydrogen-bond acceptors (Lipinski definition) is 7. The molecule has 7 nitrogen and oxygen atoms in total. The number of aromatic nitrogens is 2. The minimum atomic E-state index is -0.478. The minimum absolute atomic E-state index is 0.0850. The molecule has 1 heterocycles. The molecule has 0 atom stereocenters. The fraction of sp³-hybridized carbons (Fsp3) is 0.333. The van der Waals surface area contributed by atoms with E-state index < -0.39 is 4.92 Å². The Hall–Kier alpha value is -1.74. The highest BCUT2D eigenvalue weighted by molar-refractivity contribution is 9.10. The molecule has 0 bridgehead atoms. The molecule has 0 saturated heterocycles. The molecule has 0 aliphatic heterocycles. The van der Waals surface area contributed by atoms with Crippen LogP contribution >= 0.6 is 27.3 Å². The van der Waals surface area contributed by atoms with Gasteiger partial charge < -0.3 is 10.1 Å². The first-order valence-electron chi connectivity index (χ1n) is 6.23. The van der Waals surface area contributed by atoms with Crippen molar-refractivity contribution in [2.75, 3.05) is 11.9 Å². The van der Waals surface area contributed by atoms with Gasteiger partial charge >= 0.3 is 5.69 Å². The van der Waals surface area contributed by atoms with E-state index in [2.05, 4.69) is 38.4 Å². The number of halogens is 1. The third-order valence-corrected chi connectivity index (χ3v) is 3.81. The number of nitrogens with one attached hydrogen (secondary N) is 1. The molecular weight excluding hydrogens is 360 g/mol. The van der Waals surface area contributed by atoms with Crippen molar-refractivity contribution in [3.8, 4) is 5.75 Å². The summed E-state index contributed by atoms with van der Waals surface area (Å²) < 4.78 is 6.10. The second-order valence-corrected chi connectivity index (χ2v) is 6.06. The van der Waals surface area contributed by atoms with Crippen LogP contribution in [0.5, 0.6) is 5.75 Å². The molecule has 0 radical (unpaired) electrons. The van der Waals surface area contributed by atoms with Gasteiger partial charge in [-0.3, -0.25) is 10.1 Å². The number of nitro groups is 1. The maximum atomic E-state index is 11.0. The van der Waals surface area contributed by atoms with Crippen molar-refractivity contribution in [1.82, 2.24) is 10.2 Å². The highest BCUT2D eigenvalue weighted by Crippen LogP contribution is 2.31. The molecule has 0 spiro atoms. The highest BCUT2D eigenvalue weighted by Gasteiger charge is 2.16. The van der Waals surface area contributed by atoms with Crippen LogP contribution in [0.3, 0.4) is 0 Å². The Morgan fingerprint density at radius 2 is 2.29 bits per heavy atom. The third-order valence-electron chi connectivity index (χ3n) is 2.46. The maximum Gasteiger partial charge on any atom is 0.312 e. The second kappa shape index (κ2) is 7.32. The summed E-state index contributed by atoms with van der Waals surface area (Å²) in [5.74, 6) is 0.210. The van der Waals surface area contributed by atoms with Gasteiger partial charge in [-0.2, -0.15) is 0 Å². The van der Waals surface area contributed by atoms with Crippen molar-refractivity contribution >= 4 is 38.1 Å². The smallest absolute Gasteiger partial charge is 0.312 e. The van der Waals surface area contributed by atoms with Gasteiger partial charge in [0.25, 0.3) is 0 Å². The Morgan fingerprint density at radius 1 is 1.48 bits per heavy atom. The Morgan fingerprint density at radius 3 is 3.00 bits per heavy atom. The lowest BCUT2D eigenvalue weighted by Crippen LogP contribution is -1.99. The quantitative estimate of drug-likeness (QED) is 0.589. The molecular formula is C12H13BrN4O3S. The van der Waals surface area contributed by atoms with E-state index in [0.717, 1.165) is 18.1 Å². The highest BCUT2D eigenvalue weighted by atomic mass is 79.9. The van der Waals surface area contributed by atoms with Crippen molar-refractivity contribution in [1.29, 1.82) is 0 Å². The molecule has 1 aromatic carbocycles. The molecule has 0 aliphatic rings. The zero-order chi connectivity index (χ0) is 15.2. The number of nitro benzene ring substituents is 1. The lowest BCUT2D eigenvalue weighted by molar-refractivity contribution is -0.386. The van der Waals surface area contributed by atoms with Gasteiger partial charge in [-0.1, -0.05) is 34.2 Å². The third kappa shape index (κ3) is 4.36. The van der Waals surface area contributed by atoms with E-state index in [9.17, 15) is 10.1 Å². The van der Waals surface area contributed by atoms with Crippen molar-refractivity contribution in [3.05, 3.63) is 37.8 Å². The molecule has 112 valence electrons. The first kappa shape index (κ1) is 15.6. The molecule has 0 aliphatic carbocycles. The van der Waals surface area contributed by atoms with Crippen molar-refractivity contribution in [2.45, 2.75) is 20.0 Å². The van der Waals surface area contributed by atoms with Crippen LogP contribution in [0.4, 0.5) is 10.8 Å². The van der Waals surface area contributed by atoms with Crippen molar-refractivity contribution in [2.24, 2.45) is 0 Å². The van der Waals surface area contributed by atoms with E-state index in [1.54, 1.807) is 12.1 Å². The Labute approximate surface area is 133 Å². The van der Waals surface area contributed by atoms with Gasteiger partial charge in [0.1, 0.15) is 6.61 Å². The summed E-state index contributed by atoms with van der Waals surface area (Å²) in [7, 11) is 0. The van der Waals surface area contributed by atoms with Crippen LogP contribution in [-0.4, -0.2) is 21.7 Å². The molecule has 0 unspecified atom stereocenters. The summed E-state index contributed by atoms with van der Waals surface area (Å²) >= 11 is 4.57. The molecule has 0 amide bonds. The summed E-state index contributed by atoms with van der Waals surface area (Å²) in [5, 5.41) is 23.4. The fourth-order valence-electron chi connectivity index (χ4n) is 1.51. The van der Waals surface area contributed by atoms with Crippen molar-refractivity contribution in [3.63, 3.8) is 0 Å². The molecule has 0 saturated carbocycles. The standard InChI is InChI=1S/C12H13BrN4O3S/c1-2-5-14-12-16-15-11(21-12)7-20-10-4-3-8(13)6-9(10)17(18)19/h3-4,6H,2,5,7H2,1H3,(H,14,16). The SMILES string of the molecule is CCCNc1nnc(COc2ccc(Br)cc2[N+](=O)[O-])s1. The Bertz CT molecular complexity index is 635. The van der Waals surface area contributed by atoms with Gasteiger partial charge in [-0.05, 0) is 18.6 Å². The van der Waals surface area contributed by atoms with Gasteiger partial charge in [0.05, 0.1) is 4.92 Å². The lowest BCUT2D eigenvalue weighted by Gasteiger charge is -2.04. The average Bonchev–Trinajstić information content (AvgIpc) is 2.91. The summed E-state index contributed by atoms with van der Waals surface area (Å²) in [6, 6.07) is 4.65. The predicted octanol–water partition coefficient (Wildman–Crippen LogP) is 3.61. The van der Waals surface area contributed by atoms with E-state index in [0.29, 0.717) is 9.48 Å². The van der Waals surface area contributed by atoms with E-state index >= 15 is 0 Å². The first-order chi connectivity index (χ1) is 10.1. The predicted molar refractivity (Wildman–Crippen MR) is 83.8 cm³/mol. The summed E-state index contributed by atoms with van der Waals surface area (Å²) in [4.78, 5) is 10.5. The van der Waals surface area contributed by atoms with Gasteiger partial charge in [0, 0.05) is 17.1 Å². The molecule has 0 fully saturated rings. The summed E-state index contributed by atoms with van der Waals surface area (Å²) in [6.07, 6.45) is 0.997. The lowest BCUT2D eigenvalue weighted by atomic mass is 10.3. The fourth-order valence-corrected chi connectivity index (χ4v) is 2.54. The number of ether oxygens (including phenoxy) is 1. The van der Waals surface area contributed by atoms with Gasteiger partial charge in [0.2, 0.25) is 5.13 Å². The first-order valence-corrected chi connectivity index (χ1v) is 7.84. The number of nitrogens with zero attached hydrogens (tertiary/aromatic N) is 3. The zero-order valence-electron chi connectivity index (χ0n) is 11.2. The number of benzene rings is 1. The van der Waals surface area contributed by atoms with Crippen LogP contribution in [0.1, 0.15) is 18.4 Å². The van der Waals surface area contributed by atoms with Crippen LogP contribution in [0.2, 0.25) is 0 Å². The molecule has 9 heteroatoms. The van der Waals surface area contributed by atoms with E-state index in [-0.39, 0.29) is 18.0 Å². The average molecular weight is 373 g/mol. The van der Waals surface area contributed by atoms with Crippen LogP contribution < -0.4 is 10.1 Å². The van der Waals surface area contributed by atoms with Gasteiger partial charge in [-0.25, -0.2) is 0 Å². The number of anilines is 1. The van der Waals surface area contributed by atoms with Gasteiger partial charge in [-0.15, -0.1) is 10.2 Å². The molecule has 1 N–H and O–H groups in total. The number of rotatable bonds is 7. The Kier molecular flexibility index (Phi) is 5.45.